The summed E-state index contributed by atoms with van der Waals surface area (Å²) in [5.41, 5.74) is 0.493. The fourth-order valence-electron chi connectivity index (χ4n) is 3.89. The first-order chi connectivity index (χ1) is 17.1. The molecule has 0 bridgehead atoms. The Bertz CT molecular complexity index is 1310. The molecular formula is C24H18BrClF5N3O2. The molecule has 0 spiro atoms. The maximum Gasteiger partial charge on any atom is 0.255 e. The number of nitrogens with one attached hydrogen (secondary N) is 1. The molecule has 1 heterocycles. The smallest absolute Gasteiger partial charge is 0.255 e. The van der Waals surface area contributed by atoms with Crippen molar-refractivity contribution in [3.05, 3.63) is 80.5 Å². The van der Waals surface area contributed by atoms with Crippen molar-refractivity contribution in [1.82, 2.24) is 0 Å². The van der Waals surface area contributed by atoms with Gasteiger partial charge in [-0.1, -0.05) is 11.6 Å². The van der Waals surface area contributed by atoms with Crippen molar-refractivity contribution in [2.24, 2.45) is 0 Å². The molecule has 5 nitrogen and oxygen atoms in total. The van der Waals surface area contributed by atoms with E-state index >= 15 is 0 Å². The number of anilines is 3. The van der Waals surface area contributed by atoms with Gasteiger partial charge in [0.25, 0.3) is 5.91 Å². The summed E-state index contributed by atoms with van der Waals surface area (Å²) in [4.78, 5) is 15.5. The molecule has 0 atom stereocenters. The van der Waals surface area contributed by atoms with Crippen LogP contribution in [0.4, 0.5) is 39.0 Å². The number of hydrogen-bond donors (Lipinski definition) is 1. The molecule has 0 aliphatic carbocycles. The van der Waals surface area contributed by atoms with Crippen molar-refractivity contribution < 1.29 is 31.5 Å². The van der Waals surface area contributed by atoms with Gasteiger partial charge < -0.3 is 19.9 Å². The SMILES string of the molecule is COc1ccc(C(=O)Nc2ccc(N3CCN(c4c(F)c(F)c(F)c(F)c4F)CC3)c(Cl)c2)cc1Br. The lowest BCUT2D eigenvalue weighted by atomic mass is 10.1. The second-order valence-electron chi connectivity index (χ2n) is 7.86. The molecule has 0 radical (unpaired) electrons. The monoisotopic (exact) mass is 589 g/mol. The van der Waals surface area contributed by atoms with Gasteiger partial charge in [-0.3, -0.25) is 4.79 Å². The number of hydrogen-bond acceptors (Lipinski definition) is 4. The minimum Gasteiger partial charge on any atom is -0.496 e. The van der Waals surface area contributed by atoms with Crippen LogP contribution in [-0.2, 0) is 0 Å². The molecule has 0 unspecified atom stereocenters. The van der Waals surface area contributed by atoms with Crippen LogP contribution in [0.1, 0.15) is 10.4 Å². The van der Waals surface area contributed by atoms with E-state index in [0.29, 0.717) is 32.2 Å². The van der Waals surface area contributed by atoms with E-state index in [1.165, 1.54) is 7.11 Å². The molecule has 1 N–H and O–H groups in total. The summed E-state index contributed by atoms with van der Waals surface area (Å²) >= 11 is 9.76. The van der Waals surface area contributed by atoms with Crippen molar-refractivity contribution in [2.45, 2.75) is 0 Å². The van der Waals surface area contributed by atoms with E-state index in [1.54, 1.807) is 36.4 Å². The average molecular weight is 591 g/mol. The van der Waals surface area contributed by atoms with Gasteiger partial charge >= 0.3 is 0 Å². The molecule has 1 aliphatic rings. The summed E-state index contributed by atoms with van der Waals surface area (Å²) in [6.07, 6.45) is 0. The quantitative estimate of drug-likeness (QED) is 0.213. The Morgan fingerprint density at radius 3 is 2.03 bits per heavy atom. The van der Waals surface area contributed by atoms with Gasteiger partial charge in [0.15, 0.2) is 23.3 Å². The highest BCUT2D eigenvalue weighted by Gasteiger charge is 2.31. The molecule has 1 aliphatic heterocycles. The Balaban J connectivity index is 1.45. The molecule has 0 saturated carbocycles. The van der Waals surface area contributed by atoms with Crippen LogP contribution in [0.3, 0.4) is 0 Å². The largest absolute Gasteiger partial charge is 0.496 e. The molecule has 1 amide bonds. The molecular weight excluding hydrogens is 573 g/mol. The van der Waals surface area contributed by atoms with Crippen LogP contribution in [0.25, 0.3) is 0 Å². The number of nitrogens with zero attached hydrogens (tertiary/aromatic N) is 2. The third-order valence-electron chi connectivity index (χ3n) is 5.74. The first-order valence-corrected chi connectivity index (χ1v) is 11.7. The molecule has 1 fully saturated rings. The van der Waals surface area contributed by atoms with Crippen molar-refractivity contribution >= 4 is 50.5 Å². The van der Waals surface area contributed by atoms with Gasteiger partial charge in [-0.2, -0.15) is 0 Å². The van der Waals surface area contributed by atoms with E-state index in [1.807, 2.05) is 4.90 Å². The lowest BCUT2D eigenvalue weighted by Crippen LogP contribution is -2.47. The summed E-state index contributed by atoms with van der Waals surface area (Å²) in [7, 11) is 1.52. The predicted octanol–water partition coefficient (Wildman–Crippen LogP) is 6.39. The van der Waals surface area contributed by atoms with E-state index in [9.17, 15) is 26.7 Å². The summed E-state index contributed by atoms with van der Waals surface area (Å²) in [6.45, 7) is 0.425. The Morgan fingerprint density at radius 2 is 1.47 bits per heavy atom. The summed E-state index contributed by atoms with van der Waals surface area (Å²) < 4.78 is 74.6. The number of piperazine rings is 1. The first-order valence-electron chi connectivity index (χ1n) is 10.6. The van der Waals surface area contributed by atoms with Crippen LogP contribution in [0.2, 0.25) is 5.02 Å². The number of carbonyl (C=O) groups is 1. The molecule has 0 aromatic heterocycles. The number of ether oxygens (including phenoxy) is 1. The zero-order valence-electron chi connectivity index (χ0n) is 18.6. The lowest BCUT2D eigenvalue weighted by molar-refractivity contribution is 0.102. The second kappa shape index (κ2) is 10.5. The topological polar surface area (TPSA) is 44.8 Å². The fourth-order valence-corrected chi connectivity index (χ4v) is 4.73. The maximum absolute atomic E-state index is 14.2. The van der Waals surface area contributed by atoms with Gasteiger partial charge in [0.1, 0.15) is 11.4 Å². The molecule has 1 saturated heterocycles. The van der Waals surface area contributed by atoms with Crippen LogP contribution < -0.4 is 19.9 Å². The maximum atomic E-state index is 14.2. The highest BCUT2D eigenvalue weighted by Crippen LogP contribution is 2.34. The van der Waals surface area contributed by atoms with E-state index < -0.39 is 34.8 Å². The van der Waals surface area contributed by atoms with Gasteiger partial charge in [0.05, 0.1) is 22.3 Å². The summed E-state index contributed by atoms with van der Waals surface area (Å²) in [5.74, 6) is -9.64. The second-order valence-corrected chi connectivity index (χ2v) is 9.12. The van der Waals surface area contributed by atoms with Crippen LogP contribution in [-0.4, -0.2) is 39.2 Å². The number of rotatable bonds is 5. The third-order valence-corrected chi connectivity index (χ3v) is 6.67. The van der Waals surface area contributed by atoms with E-state index in [-0.39, 0.29) is 32.1 Å². The molecule has 12 heteroatoms. The fraction of sp³-hybridized carbons (Fsp3) is 0.208. The molecule has 4 rings (SSSR count). The van der Waals surface area contributed by atoms with Crippen molar-refractivity contribution in [2.75, 3.05) is 48.4 Å². The molecule has 190 valence electrons. The normalized spacial score (nSPS) is 13.7. The molecule has 3 aromatic rings. The van der Waals surface area contributed by atoms with Crippen LogP contribution >= 0.6 is 27.5 Å². The van der Waals surface area contributed by atoms with Gasteiger partial charge in [-0.05, 0) is 52.3 Å². The predicted molar refractivity (Wildman–Crippen MR) is 131 cm³/mol. The summed E-state index contributed by atoms with van der Waals surface area (Å²) in [6, 6.07) is 9.77. The van der Waals surface area contributed by atoms with Crippen LogP contribution in [0.15, 0.2) is 40.9 Å². The number of benzene rings is 3. The van der Waals surface area contributed by atoms with Crippen LogP contribution in [0, 0.1) is 29.1 Å². The zero-order chi connectivity index (χ0) is 26.1. The standard InChI is InChI=1S/C24H18BrClF5N3O2/c1-36-17-5-2-12(10-14(17)25)24(35)32-13-3-4-16(15(26)11-13)33-6-8-34(9-7-33)23-21(30)19(28)18(27)20(29)22(23)31/h2-5,10-11H,6-9H2,1H3,(H,32,35). The van der Waals surface area contributed by atoms with Gasteiger partial charge in [0.2, 0.25) is 5.82 Å². The highest BCUT2D eigenvalue weighted by molar-refractivity contribution is 9.10. The number of methoxy groups -OCH3 is 1. The van der Waals surface area contributed by atoms with Gasteiger partial charge in [-0.15, -0.1) is 0 Å². The van der Waals surface area contributed by atoms with Crippen LogP contribution in [0.5, 0.6) is 5.75 Å². The number of halogens is 7. The zero-order valence-corrected chi connectivity index (χ0v) is 21.0. The van der Waals surface area contributed by atoms with Gasteiger partial charge in [-0.25, -0.2) is 22.0 Å². The molecule has 36 heavy (non-hydrogen) atoms. The number of amides is 1. The average Bonchev–Trinajstić information content (AvgIpc) is 2.87. The third kappa shape index (κ3) is 4.94. The minimum atomic E-state index is -2.19. The van der Waals surface area contributed by atoms with Crippen molar-refractivity contribution in [1.29, 1.82) is 0 Å². The van der Waals surface area contributed by atoms with E-state index in [4.69, 9.17) is 16.3 Å². The Hall–Kier alpha value is -3.05. The first kappa shape index (κ1) is 26.0. The Labute approximate surface area is 216 Å². The number of carbonyl (C=O) groups excluding carboxylic acids is 1. The summed E-state index contributed by atoms with van der Waals surface area (Å²) in [5, 5.41) is 3.07. The van der Waals surface area contributed by atoms with Crippen molar-refractivity contribution in [3.63, 3.8) is 0 Å². The minimum absolute atomic E-state index is 0.000480. The highest BCUT2D eigenvalue weighted by atomic mass is 79.9. The van der Waals surface area contributed by atoms with E-state index in [0.717, 1.165) is 4.90 Å². The van der Waals surface area contributed by atoms with Crippen molar-refractivity contribution in [3.8, 4) is 5.75 Å². The lowest BCUT2D eigenvalue weighted by Gasteiger charge is -2.38. The Morgan fingerprint density at radius 1 is 0.889 bits per heavy atom. The molecule has 3 aromatic carbocycles. The Kier molecular flexibility index (Phi) is 7.60. The van der Waals surface area contributed by atoms with Gasteiger partial charge in [0, 0.05) is 37.4 Å². The van der Waals surface area contributed by atoms with E-state index in [2.05, 4.69) is 21.2 Å².